The molecular formula is C9H22Cl2N2O. The van der Waals surface area contributed by atoms with Crippen LogP contribution in [-0.2, 0) is 4.74 Å². The minimum absolute atomic E-state index is 0. The number of ether oxygens (including phenoxy) is 1. The largest absolute Gasteiger partial charge is 1.00 e. The predicted octanol–water partition coefficient (Wildman–Crippen LogP) is -7.84. The summed E-state index contributed by atoms with van der Waals surface area (Å²) >= 11 is 0. The molecule has 0 saturated heterocycles. The summed E-state index contributed by atoms with van der Waals surface area (Å²) < 4.78 is 5.52. The van der Waals surface area contributed by atoms with Crippen LogP contribution in [0.2, 0.25) is 0 Å². The third-order valence-electron chi connectivity index (χ3n) is 1.52. The van der Waals surface area contributed by atoms with Crippen molar-refractivity contribution in [3.8, 4) is 0 Å². The molecule has 0 spiro atoms. The van der Waals surface area contributed by atoms with Crippen LogP contribution in [0.5, 0.6) is 0 Å². The summed E-state index contributed by atoms with van der Waals surface area (Å²) in [7, 11) is 8.36. The van der Waals surface area contributed by atoms with Crippen molar-refractivity contribution in [1.29, 1.82) is 0 Å². The Bertz CT molecular complexity index is 141. The molecule has 88 valence electrons. The fraction of sp³-hybridized carbons (Fsp3) is 0.778. The Hall–Kier alpha value is 0.200. The van der Waals surface area contributed by atoms with Crippen molar-refractivity contribution in [1.82, 2.24) is 0 Å². The van der Waals surface area contributed by atoms with E-state index in [9.17, 15) is 0 Å². The number of quaternary nitrogens is 2. The SMILES string of the molecule is CCOC(/C=C/[NH+](C)C)[NH+](C)C.[Cl-].[Cl-]. The van der Waals surface area contributed by atoms with Crippen LogP contribution in [0.15, 0.2) is 12.3 Å². The molecule has 0 saturated carbocycles. The minimum Gasteiger partial charge on any atom is -1.00 e. The monoisotopic (exact) mass is 244 g/mol. The molecule has 0 aromatic carbocycles. The number of hydrogen-bond donors (Lipinski definition) is 2. The van der Waals surface area contributed by atoms with Gasteiger partial charge in [-0.3, -0.25) is 0 Å². The van der Waals surface area contributed by atoms with Crippen LogP contribution in [-0.4, -0.2) is 41.0 Å². The second-order valence-electron chi connectivity index (χ2n) is 3.39. The Morgan fingerprint density at radius 1 is 1.14 bits per heavy atom. The Balaban J connectivity index is -0.000000605. The van der Waals surface area contributed by atoms with E-state index in [1.54, 1.807) is 0 Å². The molecule has 0 rings (SSSR count). The normalized spacial score (nSPS) is 12.8. The quantitative estimate of drug-likeness (QED) is 0.461. The van der Waals surface area contributed by atoms with Gasteiger partial charge in [0.25, 0.3) is 0 Å². The zero-order valence-corrected chi connectivity index (χ0v) is 11.1. The third kappa shape index (κ3) is 10.3. The average molecular weight is 245 g/mol. The molecule has 0 amide bonds. The van der Waals surface area contributed by atoms with Crippen LogP contribution < -0.4 is 34.6 Å². The lowest BCUT2D eigenvalue weighted by Gasteiger charge is -2.17. The molecule has 0 aliphatic carbocycles. The summed E-state index contributed by atoms with van der Waals surface area (Å²) in [6.07, 6.45) is 4.39. The van der Waals surface area contributed by atoms with Crippen molar-refractivity contribution >= 4 is 0 Å². The van der Waals surface area contributed by atoms with Gasteiger partial charge < -0.3 is 39.4 Å². The first-order valence-electron chi connectivity index (χ1n) is 4.48. The Kier molecular flexibility index (Phi) is 15.9. The fourth-order valence-electron chi connectivity index (χ4n) is 0.874. The highest BCUT2D eigenvalue weighted by molar-refractivity contribution is 4.75. The average Bonchev–Trinajstić information content (AvgIpc) is 1.96. The highest BCUT2D eigenvalue weighted by atomic mass is 35.5. The number of rotatable bonds is 5. The van der Waals surface area contributed by atoms with E-state index in [0.29, 0.717) is 0 Å². The Morgan fingerprint density at radius 3 is 1.93 bits per heavy atom. The lowest BCUT2D eigenvalue weighted by Crippen LogP contribution is -3.10. The standard InChI is InChI=1S/C9H20N2O.2ClH/c1-6-12-9(11(4)5)7-8-10(2)3;;/h7-9H,6H2,1-5H3;2*1H/b8-7+;;. The van der Waals surface area contributed by atoms with Gasteiger partial charge in [-0.15, -0.1) is 0 Å². The number of likely N-dealkylation sites (N-methyl/N-ethyl adjacent to an activating group) is 1. The van der Waals surface area contributed by atoms with Crippen molar-refractivity contribution < 1.29 is 39.4 Å². The highest BCUT2D eigenvalue weighted by Crippen LogP contribution is 1.81. The Labute approximate surface area is 99.9 Å². The molecule has 0 aliphatic heterocycles. The summed E-state index contributed by atoms with van der Waals surface area (Å²) in [6.45, 7) is 2.79. The third-order valence-corrected chi connectivity index (χ3v) is 1.52. The summed E-state index contributed by atoms with van der Waals surface area (Å²) in [5, 5.41) is 0. The van der Waals surface area contributed by atoms with Crippen LogP contribution in [0.4, 0.5) is 0 Å². The van der Waals surface area contributed by atoms with E-state index in [4.69, 9.17) is 4.74 Å². The first-order valence-corrected chi connectivity index (χ1v) is 4.48. The Morgan fingerprint density at radius 2 is 1.64 bits per heavy atom. The van der Waals surface area contributed by atoms with Crippen molar-refractivity contribution in [3.63, 3.8) is 0 Å². The van der Waals surface area contributed by atoms with Crippen LogP contribution in [0, 0.1) is 0 Å². The molecule has 0 aliphatic rings. The maximum atomic E-state index is 5.52. The van der Waals surface area contributed by atoms with E-state index >= 15 is 0 Å². The van der Waals surface area contributed by atoms with E-state index in [1.807, 2.05) is 6.92 Å². The van der Waals surface area contributed by atoms with E-state index in [-0.39, 0.29) is 31.0 Å². The summed E-state index contributed by atoms with van der Waals surface area (Å²) in [5.41, 5.74) is 0. The van der Waals surface area contributed by atoms with E-state index < -0.39 is 0 Å². The number of halogens is 2. The highest BCUT2D eigenvalue weighted by Gasteiger charge is 2.10. The van der Waals surface area contributed by atoms with Crippen molar-refractivity contribution in [3.05, 3.63) is 12.3 Å². The first-order chi connectivity index (χ1) is 5.57. The van der Waals surface area contributed by atoms with Crippen molar-refractivity contribution in [2.24, 2.45) is 0 Å². The van der Waals surface area contributed by atoms with Crippen LogP contribution in [0.1, 0.15) is 6.92 Å². The molecule has 0 aromatic rings. The maximum Gasteiger partial charge on any atom is 0.216 e. The molecule has 0 radical (unpaired) electrons. The molecule has 5 heteroatoms. The van der Waals surface area contributed by atoms with Gasteiger partial charge in [0, 0.05) is 0 Å². The molecule has 2 N–H and O–H groups in total. The first kappa shape index (κ1) is 19.7. The zero-order chi connectivity index (χ0) is 9.56. The smallest absolute Gasteiger partial charge is 0.216 e. The summed E-state index contributed by atoms with van der Waals surface area (Å²) in [4.78, 5) is 2.61. The van der Waals surface area contributed by atoms with Gasteiger partial charge in [-0.25, -0.2) is 0 Å². The minimum atomic E-state index is 0. The predicted molar refractivity (Wildman–Crippen MR) is 50.2 cm³/mol. The number of hydrogen-bond acceptors (Lipinski definition) is 1. The van der Waals surface area contributed by atoms with Crippen LogP contribution in [0.3, 0.4) is 0 Å². The van der Waals surface area contributed by atoms with Gasteiger partial charge >= 0.3 is 0 Å². The molecule has 3 nitrogen and oxygen atoms in total. The lowest BCUT2D eigenvalue weighted by atomic mass is 10.5. The molecule has 0 heterocycles. The van der Waals surface area contributed by atoms with Crippen LogP contribution in [0.25, 0.3) is 0 Å². The van der Waals surface area contributed by atoms with Crippen molar-refractivity contribution in [2.45, 2.75) is 13.2 Å². The van der Waals surface area contributed by atoms with Crippen molar-refractivity contribution in [2.75, 3.05) is 34.8 Å². The lowest BCUT2D eigenvalue weighted by molar-refractivity contribution is -0.903. The molecule has 1 unspecified atom stereocenters. The van der Waals surface area contributed by atoms with E-state index in [2.05, 4.69) is 40.5 Å². The molecular weight excluding hydrogens is 223 g/mol. The van der Waals surface area contributed by atoms with Gasteiger partial charge in [-0.2, -0.15) is 0 Å². The zero-order valence-electron chi connectivity index (χ0n) is 9.60. The maximum absolute atomic E-state index is 5.52. The van der Waals surface area contributed by atoms with Gasteiger partial charge in [0.2, 0.25) is 6.23 Å². The summed E-state index contributed by atoms with van der Waals surface area (Å²) in [6, 6.07) is 0. The fourth-order valence-corrected chi connectivity index (χ4v) is 0.874. The van der Waals surface area contributed by atoms with E-state index in [1.165, 1.54) is 9.80 Å². The molecule has 14 heavy (non-hydrogen) atoms. The van der Waals surface area contributed by atoms with Gasteiger partial charge in [0.05, 0.1) is 47.1 Å². The molecule has 0 bridgehead atoms. The van der Waals surface area contributed by atoms with Gasteiger partial charge in [-0.05, 0) is 6.92 Å². The van der Waals surface area contributed by atoms with Gasteiger partial charge in [0.15, 0.2) is 0 Å². The molecule has 0 aromatic heterocycles. The van der Waals surface area contributed by atoms with Crippen LogP contribution >= 0.6 is 0 Å². The number of nitrogens with one attached hydrogen (secondary N) is 2. The molecule has 1 atom stereocenters. The van der Waals surface area contributed by atoms with E-state index in [0.717, 1.165) is 6.61 Å². The molecule has 0 fully saturated rings. The summed E-state index contributed by atoms with van der Waals surface area (Å²) in [5.74, 6) is 0. The van der Waals surface area contributed by atoms with Gasteiger partial charge in [-0.1, -0.05) is 0 Å². The second kappa shape index (κ2) is 11.3. The second-order valence-corrected chi connectivity index (χ2v) is 3.39. The van der Waals surface area contributed by atoms with Gasteiger partial charge in [0.1, 0.15) is 0 Å². The topological polar surface area (TPSA) is 18.1 Å².